The second-order valence-corrected chi connectivity index (χ2v) is 11.2. The van der Waals surface area contributed by atoms with Crippen molar-refractivity contribution in [1.82, 2.24) is 5.16 Å². The van der Waals surface area contributed by atoms with Gasteiger partial charge < -0.3 is 18.9 Å². The predicted octanol–water partition coefficient (Wildman–Crippen LogP) is 8.29. The van der Waals surface area contributed by atoms with E-state index in [0.717, 1.165) is 29.7 Å². The van der Waals surface area contributed by atoms with E-state index < -0.39 is 11.8 Å². The molecule has 1 aliphatic heterocycles. The van der Waals surface area contributed by atoms with E-state index in [4.69, 9.17) is 48.8 Å². The second-order valence-electron chi connectivity index (χ2n) is 10.0. The van der Waals surface area contributed by atoms with Gasteiger partial charge in [0.05, 0.1) is 28.3 Å². The SMILES string of the molecule is COC(=O)c1cc(F)cc(N2CC(c3ccc(OCc4c(-c5c(Cl)cccc5Cl)noc4C4CC4)cc3Cl)C2)c1. The van der Waals surface area contributed by atoms with Crippen molar-refractivity contribution in [3.05, 3.63) is 97.9 Å². The first-order chi connectivity index (χ1) is 19.3. The van der Waals surface area contributed by atoms with Gasteiger partial charge in [0.25, 0.3) is 0 Å². The molecule has 6 nitrogen and oxygen atoms in total. The number of benzene rings is 3. The maximum Gasteiger partial charge on any atom is 0.338 e. The quantitative estimate of drug-likeness (QED) is 0.189. The van der Waals surface area contributed by atoms with E-state index in [1.54, 1.807) is 30.3 Å². The number of aromatic nitrogens is 1. The van der Waals surface area contributed by atoms with Crippen molar-refractivity contribution in [3.8, 4) is 17.0 Å². The monoisotopic (exact) mass is 600 g/mol. The zero-order valence-corrected chi connectivity index (χ0v) is 23.7. The molecule has 0 unspecified atom stereocenters. The van der Waals surface area contributed by atoms with Crippen molar-refractivity contribution >= 4 is 46.5 Å². The summed E-state index contributed by atoms with van der Waals surface area (Å²) in [5, 5.41) is 5.87. The molecule has 1 saturated heterocycles. The Labute approximate surface area is 245 Å². The Hall–Kier alpha value is -3.26. The summed E-state index contributed by atoms with van der Waals surface area (Å²) >= 11 is 19.6. The van der Waals surface area contributed by atoms with E-state index in [2.05, 4.69) is 5.16 Å². The molecule has 10 heteroatoms. The lowest BCUT2D eigenvalue weighted by Crippen LogP contribution is -2.45. The zero-order chi connectivity index (χ0) is 28.0. The minimum absolute atomic E-state index is 0.153. The minimum atomic E-state index is -0.575. The lowest BCUT2D eigenvalue weighted by Gasteiger charge is -2.41. The molecule has 3 aromatic carbocycles. The lowest BCUT2D eigenvalue weighted by atomic mass is 9.90. The Balaban J connectivity index is 1.16. The molecule has 2 heterocycles. The Bertz CT molecular complexity index is 1580. The first kappa shape index (κ1) is 26.9. The molecule has 1 saturated carbocycles. The maximum atomic E-state index is 14.1. The van der Waals surface area contributed by atoms with Crippen LogP contribution in [0.5, 0.6) is 5.75 Å². The van der Waals surface area contributed by atoms with E-state index in [1.165, 1.54) is 19.2 Å². The van der Waals surface area contributed by atoms with Gasteiger partial charge in [-0.2, -0.15) is 0 Å². The number of halogens is 4. The summed E-state index contributed by atoms with van der Waals surface area (Å²) in [6.07, 6.45) is 2.08. The van der Waals surface area contributed by atoms with Gasteiger partial charge in [-0.15, -0.1) is 0 Å². The summed E-state index contributed by atoms with van der Waals surface area (Å²) in [4.78, 5) is 13.8. The van der Waals surface area contributed by atoms with Crippen LogP contribution in [0, 0.1) is 5.82 Å². The predicted molar refractivity (Wildman–Crippen MR) is 152 cm³/mol. The highest BCUT2D eigenvalue weighted by Crippen LogP contribution is 2.46. The molecule has 0 amide bonds. The Kier molecular flexibility index (Phi) is 7.38. The third-order valence-electron chi connectivity index (χ3n) is 7.31. The first-order valence-electron chi connectivity index (χ1n) is 12.8. The van der Waals surface area contributed by atoms with Crippen LogP contribution < -0.4 is 9.64 Å². The third kappa shape index (κ3) is 5.26. The number of carbonyl (C=O) groups excluding carboxylic acids is 1. The van der Waals surface area contributed by atoms with E-state index in [-0.39, 0.29) is 18.1 Å². The molecule has 0 bridgehead atoms. The van der Waals surface area contributed by atoms with Gasteiger partial charge in [0, 0.05) is 41.2 Å². The van der Waals surface area contributed by atoms with Crippen LogP contribution in [0.2, 0.25) is 15.1 Å². The highest BCUT2D eigenvalue weighted by atomic mass is 35.5. The van der Waals surface area contributed by atoms with Crippen LogP contribution in [-0.4, -0.2) is 31.3 Å². The molecule has 2 aliphatic rings. The molecular formula is C30H24Cl3FN2O4. The van der Waals surface area contributed by atoms with E-state index in [9.17, 15) is 9.18 Å². The van der Waals surface area contributed by atoms with Crippen molar-refractivity contribution in [3.63, 3.8) is 0 Å². The number of ether oxygens (including phenoxy) is 2. The van der Waals surface area contributed by atoms with Crippen LogP contribution >= 0.6 is 34.8 Å². The Morgan fingerprint density at radius 3 is 2.45 bits per heavy atom. The number of carbonyl (C=O) groups is 1. The number of methoxy groups -OCH3 is 1. The molecule has 206 valence electrons. The van der Waals surface area contributed by atoms with Gasteiger partial charge in [0.2, 0.25) is 0 Å². The largest absolute Gasteiger partial charge is 0.489 e. The van der Waals surface area contributed by atoms with Gasteiger partial charge in [-0.25, -0.2) is 9.18 Å². The van der Waals surface area contributed by atoms with Gasteiger partial charge in [-0.3, -0.25) is 0 Å². The molecule has 0 radical (unpaired) electrons. The van der Waals surface area contributed by atoms with Crippen LogP contribution in [0.1, 0.15) is 51.9 Å². The normalized spacial score (nSPS) is 15.2. The molecular weight excluding hydrogens is 578 g/mol. The highest BCUT2D eigenvalue weighted by Gasteiger charge is 2.34. The molecule has 0 N–H and O–H groups in total. The number of hydrogen-bond donors (Lipinski definition) is 0. The molecule has 0 atom stereocenters. The number of hydrogen-bond acceptors (Lipinski definition) is 6. The fourth-order valence-electron chi connectivity index (χ4n) is 5.01. The van der Waals surface area contributed by atoms with Crippen LogP contribution in [0.25, 0.3) is 11.3 Å². The lowest BCUT2D eigenvalue weighted by molar-refractivity contribution is 0.0600. The molecule has 2 fully saturated rings. The number of anilines is 1. The average molecular weight is 602 g/mol. The van der Waals surface area contributed by atoms with Crippen molar-refractivity contribution in [2.75, 3.05) is 25.1 Å². The molecule has 6 rings (SSSR count). The van der Waals surface area contributed by atoms with Crippen LogP contribution in [0.3, 0.4) is 0 Å². The standard InChI is InChI=1S/C30H24Cl3FN2O4/c1-38-30(37)17-9-19(34)11-20(10-17)36-13-18(14-36)22-8-7-21(12-26(22)33)39-15-23-28(35-40-29(23)16-5-6-16)27-24(31)3-2-4-25(27)32/h2-4,7-12,16,18H,5-6,13-15H2,1H3. The number of rotatable bonds is 8. The fraction of sp³-hybridized carbons (Fsp3) is 0.267. The van der Waals surface area contributed by atoms with Gasteiger partial charge in [-0.05, 0) is 60.9 Å². The van der Waals surface area contributed by atoms with Crippen LogP contribution in [0.4, 0.5) is 10.1 Å². The fourth-order valence-corrected chi connectivity index (χ4v) is 5.91. The third-order valence-corrected chi connectivity index (χ3v) is 8.27. The van der Waals surface area contributed by atoms with Gasteiger partial charge in [0.1, 0.15) is 29.6 Å². The molecule has 0 spiro atoms. The van der Waals surface area contributed by atoms with Crippen molar-refractivity contribution < 1.29 is 23.2 Å². The summed E-state index contributed by atoms with van der Waals surface area (Å²) in [6, 6.07) is 15.2. The summed E-state index contributed by atoms with van der Waals surface area (Å²) in [5.41, 5.74) is 3.82. The summed E-state index contributed by atoms with van der Waals surface area (Å²) in [6.45, 7) is 1.50. The van der Waals surface area contributed by atoms with Crippen molar-refractivity contribution in [2.24, 2.45) is 0 Å². The van der Waals surface area contributed by atoms with Gasteiger partial charge >= 0.3 is 5.97 Å². The van der Waals surface area contributed by atoms with Crippen LogP contribution in [0.15, 0.2) is 59.1 Å². The first-order valence-corrected chi connectivity index (χ1v) is 13.9. The minimum Gasteiger partial charge on any atom is -0.489 e. The topological polar surface area (TPSA) is 64.8 Å². The van der Waals surface area contributed by atoms with E-state index in [1.807, 2.05) is 17.0 Å². The Morgan fingerprint density at radius 2 is 1.77 bits per heavy atom. The van der Waals surface area contributed by atoms with Crippen LogP contribution in [-0.2, 0) is 11.3 Å². The molecule has 40 heavy (non-hydrogen) atoms. The molecule has 1 aromatic heterocycles. The summed E-state index contributed by atoms with van der Waals surface area (Å²) in [5.74, 6) is 0.816. The summed E-state index contributed by atoms with van der Waals surface area (Å²) in [7, 11) is 1.27. The van der Waals surface area contributed by atoms with E-state index >= 15 is 0 Å². The maximum absolute atomic E-state index is 14.1. The van der Waals surface area contributed by atoms with Crippen molar-refractivity contribution in [2.45, 2.75) is 31.3 Å². The number of esters is 1. The number of nitrogens with zero attached hydrogens (tertiary/aromatic N) is 2. The smallest absolute Gasteiger partial charge is 0.338 e. The highest BCUT2D eigenvalue weighted by molar-refractivity contribution is 6.39. The molecule has 1 aliphatic carbocycles. The Morgan fingerprint density at radius 1 is 1.02 bits per heavy atom. The average Bonchev–Trinajstić information content (AvgIpc) is 3.67. The van der Waals surface area contributed by atoms with Crippen molar-refractivity contribution in [1.29, 1.82) is 0 Å². The molecule has 4 aromatic rings. The summed E-state index contributed by atoms with van der Waals surface area (Å²) < 4.78 is 30.7. The van der Waals surface area contributed by atoms with E-state index in [0.29, 0.717) is 56.8 Å². The van der Waals surface area contributed by atoms with Gasteiger partial charge in [0.15, 0.2) is 0 Å². The zero-order valence-electron chi connectivity index (χ0n) is 21.4. The van der Waals surface area contributed by atoms with Gasteiger partial charge in [-0.1, -0.05) is 52.1 Å². The second kappa shape index (κ2) is 11.0.